The first-order valence-corrected chi connectivity index (χ1v) is 8.92. The molecular weight excluding hydrogens is 346 g/mol. The van der Waals surface area contributed by atoms with Gasteiger partial charge in [0.25, 0.3) is 0 Å². The number of ether oxygens (including phenoxy) is 1. The van der Waals surface area contributed by atoms with Gasteiger partial charge >= 0.3 is 0 Å². The van der Waals surface area contributed by atoms with Crippen molar-refractivity contribution in [1.29, 1.82) is 0 Å². The number of anilines is 1. The molecule has 2 atom stereocenters. The predicted octanol–water partition coefficient (Wildman–Crippen LogP) is 3.69. The Balaban J connectivity index is 0.00000208. The number of fused-ring (bicyclic) bond motifs is 1. The van der Waals surface area contributed by atoms with Gasteiger partial charge in [-0.25, -0.2) is 4.98 Å². The van der Waals surface area contributed by atoms with Crippen molar-refractivity contribution in [3.05, 3.63) is 18.2 Å². The average Bonchev–Trinajstić information content (AvgIpc) is 2.96. The number of rotatable bonds is 5. The monoisotopic (exact) mass is 369 g/mol. The Morgan fingerprint density at radius 1 is 1.54 bits per heavy atom. The fourth-order valence-electron chi connectivity index (χ4n) is 3.08. The molecule has 0 spiro atoms. The minimum atomic E-state index is 0. The summed E-state index contributed by atoms with van der Waals surface area (Å²) in [5.41, 5.74) is 0.885. The number of benzene rings is 1. The van der Waals surface area contributed by atoms with E-state index in [0.29, 0.717) is 23.4 Å². The number of hydrogen-bond donors (Lipinski definition) is 2. The molecule has 2 unspecified atom stereocenters. The summed E-state index contributed by atoms with van der Waals surface area (Å²) < 4.78 is 6.24. The Morgan fingerprint density at radius 2 is 2.38 bits per heavy atom. The average molecular weight is 370 g/mol. The van der Waals surface area contributed by atoms with Gasteiger partial charge in [0.05, 0.1) is 17.3 Å². The van der Waals surface area contributed by atoms with Gasteiger partial charge in [-0.3, -0.25) is 4.79 Å². The third kappa shape index (κ3) is 4.59. The molecule has 1 aliphatic heterocycles. The van der Waals surface area contributed by atoms with Crippen molar-refractivity contribution < 1.29 is 9.53 Å². The fraction of sp³-hybridized carbons (Fsp3) is 0.529. The number of thiazole rings is 1. The van der Waals surface area contributed by atoms with E-state index in [1.54, 1.807) is 7.11 Å². The van der Waals surface area contributed by atoms with Crippen molar-refractivity contribution in [3.63, 3.8) is 0 Å². The summed E-state index contributed by atoms with van der Waals surface area (Å²) in [4.78, 5) is 16.7. The summed E-state index contributed by atoms with van der Waals surface area (Å²) in [5.74, 6) is 1.83. The standard InChI is InChI=1S/C17H23N3O2S.ClH/c1-11(12-4-3-7-18-10-12)8-16(21)20-17-19-14-6-5-13(22-2)9-15(14)23-17;/h5-6,9,11-12,18H,3-4,7-8,10H2,1-2H3,(H,19,20,21);1H. The van der Waals surface area contributed by atoms with Crippen molar-refractivity contribution in [3.8, 4) is 5.75 Å². The highest BCUT2D eigenvalue weighted by molar-refractivity contribution is 7.22. The molecule has 132 valence electrons. The van der Waals surface area contributed by atoms with Gasteiger partial charge in [0, 0.05) is 6.42 Å². The van der Waals surface area contributed by atoms with Crippen LogP contribution in [0.25, 0.3) is 10.2 Å². The van der Waals surface area contributed by atoms with Crippen LogP contribution in [-0.2, 0) is 4.79 Å². The molecule has 7 heteroatoms. The Hall–Kier alpha value is -1.37. The zero-order valence-electron chi connectivity index (χ0n) is 14.0. The quantitative estimate of drug-likeness (QED) is 0.843. The molecule has 0 saturated carbocycles. The molecule has 0 bridgehead atoms. The first kappa shape index (κ1) is 19.0. The van der Waals surface area contributed by atoms with Crippen LogP contribution in [0.4, 0.5) is 5.13 Å². The number of methoxy groups -OCH3 is 1. The molecule has 0 radical (unpaired) electrons. The summed E-state index contributed by atoms with van der Waals surface area (Å²) in [6.45, 7) is 4.29. The lowest BCUT2D eigenvalue weighted by atomic mass is 9.85. The molecule has 1 aliphatic rings. The van der Waals surface area contributed by atoms with Crippen LogP contribution >= 0.6 is 23.7 Å². The van der Waals surface area contributed by atoms with Gasteiger partial charge in [-0.1, -0.05) is 18.3 Å². The Kier molecular flexibility index (Phi) is 6.83. The lowest BCUT2D eigenvalue weighted by Crippen LogP contribution is -2.34. The topological polar surface area (TPSA) is 63.2 Å². The Labute approximate surface area is 152 Å². The summed E-state index contributed by atoms with van der Waals surface area (Å²) in [6.07, 6.45) is 2.96. The lowest BCUT2D eigenvalue weighted by Gasteiger charge is -2.27. The van der Waals surface area contributed by atoms with Crippen LogP contribution < -0.4 is 15.4 Å². The highest BCUT2D eigenvalue weighted by atomic mass is 35.5. The van der Waals surface area contributed by atoms with E-state index in [4.69, 9.17) is 4.74 Å². The fourth-order valence-corrected chi connectivity index (χ4v) is 3.99. The van der Waals surface area contributed by atoms with E-state index in [1.807, 2.05) is 18.2 Å². The van der Waals surface area contributed by atoms with Crippen molar-refractivity contribution in [2.45, 2.75) is 26.2 Å². The van der Waals surface area contributed by atoms with Gasteiger partial charge in [-0.15, -0.1) is 12.4 Å². The van der Waals surface area contributed by atoms with Crippen LogP contribution in [0.1, 0.15) is 26.2 Å². The van der Waals surface area contributed by atoms with Gasteiger partial charge < -0.3 is 15.4 Å². The minimum absolute atomic E-state index is 0. The zero-order valence-corrected chi connectivity index (χ0v) is 15.6. The highest BCUT2D eigenvalue weighted by Crippen LogP contribution is 2.30. The molecule has 1 amide bonds. The molecule has 5 nitrogen and oxygen atoms in total. The van der Waals surface area contributed by atoms with Crippen molar-refractivity contribution in [2.75, 3.05) is 25.5 Å². The van der Waals surface area contributed by atoms with Crippen LogP contribution in [0.5, 0.6) is 5.75 Å². The summed E-state index contributed by atoms with van der Waals surface area (Å²) in [6, 6.07) is 5.74. The molecule has 2 heterocycles. The van der Waals surface area contributed by atoms with E-state index in [1.165, 1.54) is 24.2 Å². The SMILES string of the molecule is COc1ccc2nc(NC(=O)CC(C)C3CCCNC3)sc2c1.Cl. The molecule has 3 rings (SSSR count). The molecule has 2 N–H and O–H groups in total. The highest BCUT2D eigenvalue weighted by Gasteiger charge is 2.22. The molecule has 1 aromatic carbocycles. The second-order valence-electron chi connectivity index (χ2n) is 6.19. The van der Waals surface area contributed by atoms with Crippen LogP contribution in [-0.4, -0.2) is 31.1 Å². The molecule has 2 aromatic rings. The molecule has 1 aromatic heterocycles. The number of piperidine rings is 1. The van der Waals surface area contributed by atoms with Crippen LogP contribution in [0.3, 0.4) is 0 Å². The number of carbonyl (C=O) groups excluding carboxylic acids is 1. The number of amides is 1. The van der Waals surface area contributed by atoms with Gasteiger partial charge in [-0.05, 0) is 56.0 Å². The van der Waals surface area contributed by atoms with Crippen molar-refractivity contribution in [1.82, 2.24) is 10.3 Å². The first-order chi connectivity index (χ1) is 11.2. The third-order valence-corrected chi connectivity index (χ3v) is 5.42. The summed E-state index contributed by atoms with van der Waals surface area (Å²) in [7, 11) is 1.65. The van der Waals surface area contributed by atoms with Crippen molar-refractivity contribution >= 4 is 45.0 Å². The van der Waals surface area contributed by atoms with Gasteiger partial charge in [-0.2, -0.15) is 0 Å². The van der Waals surface area contributed by atoms with E-state index < -0.39 is 0 Å². The molecule has 0 aliphatic carbocycles. The number of carbonyl (C=O) groups is 1. The second-order valence-corrected chi connectivity index (χ2v) is 7.22. The minimum Gasteiger partial charge on any atom is -0.497 e. The summed E-state index contributed by atoms with van der Waals surface area (Å²) >= 11 is 1.48. The predicted molar refractivity (Wildman–Crippen MR) is 101 cm³/mol. The molecule has 1 fully saturated rings. The van der Waals surface area contributed by atoms with E-state index in [-0.39, 0.29) is 18.3 Å². The molecule has 1 saturated heterocycles. The number of nitrogens with zero attached hydrogens (tertiary/aromatic N) is 1. The van der Waals surface area contributed by atoms with Crippen LogP contribution in [0.15, 0.2) is 18.2 Å². The number of halogens is 1. The number of nitrogens with one attached hydrogen (secondary N) is 2. The zero-order chi connectivity index (χ0) is 16.2. The Bertz CT molecular complexity index is 686. The van der Waals surface area contributed by atoms with Crippen LogP contribution in [0, 0.1) is 11.8 Å². The maximum Gasteiger partial charge on any atom is 0.226 e. The number of hydrogen-bond acceptors (Lipinski definition) is 5. The smallest absolute Gasteiger partial charge is 0.226 e. The molecule has 24 heavy (non-hydrogen) atoms. The van der Waals surface area contributed by atoms with Gasteiger partial charge in [0.15, 0.2) is 5.13 Å². The molecular formula is C17H24ClN3O2S. The second kappa shape index (κ2) is 8.65. The van der Waals surface area contributed by atoms with Gasteiger partial charge in [0.2, 0.25) is 5.91 Å². The van der Waals surface area contributed by atoms with Crippen LogP contribution in [0.2, 0.25) is 0 Å². The van der Waals surface area contributed by atoms with E-state index >= 15 is 0 Å². The normalized spacial score (nSPS) is 18.7. The van der Waals surface area contributed by atoms with E-state index in [9.17, 15) is 4.79 Å². The van der Waals surface area contributed by atoms with E-state index in [2.05, 4.69) is 22.5 Å². The van der Waals surface area contributed by atoms with E-state index in [0.717, 1.165) is 29.1 Å². The summed E-state index contributed by atoms with van der Waals surface area (Å²) in [5, 5.41) is 7.02. The van der Waals surface area contributed by atoms with Gasteiger partial charge in [0.1, 0.15) is 5.75 Å². The Morgan fingerprint density at radius 3 is 3.08 bits per heavy atom. The third-order valence-electron chi connectivity index (χ3n) is 4.49. The van der Waals surface area contributed by atoms with Crippen molar-refractivity contribution in [2.24, 2.45) is 11.8 Å². The first-order valence-electron chi connectivity index (χ1n) is 8.11. The largest absolute Gasteiger partial charge is 0.497 e. The lowest BCUT2D eigenvalue weighted by molar-refractivity contribution is -0.117. The maximum absolute atomic E-state index is 12.3. The maximum atomic E-state index is 12.3. The number of aromatic nitrogens is 1.